The van der Waals surface area contributed by atoms with Gasteiger partial charge in [0.1, 0.15) is 8.07 Å². The van der Waals surface area contributed by atoms with Gasteiger partial charge in [0.25, 0.3) is 0 Å². The molecular weight excluding hydrogens is 154 g/mol. The zero-order valence-corrected chi connectivity index (χ0v) is 9.25. The van der Waals surface area contributed by atoms with Crippen molar-refractivity contribution in [1.82, 2.24) is 0 Å². The largest absolute Gasteiger partial charge is 2.00 e. The van der Waals surface area contributed by atoms with Gasteiger partial charge in [0.2, 0.25) is 0 Å². The first-order valence-corrected chi connectivity index (χ1v) is 5.54. The van der Waals surface area contributed by atoms with E-state index < -0.39 is 8.07 Å². The molecule has 0 saturated carbocycles. The molecule has 0 spiro atoms. The predicted molar refractivity (Wildman–Crippen MR) is 32.2 cm³/mol. The van der Waals surface area contributed by atoms with Crippen LogP contribution in [0.5, 0.6) is 0 Å². The average Bonchev–Trinajstić information content (AvgIpc) is 1.35. The molecule has 7 heavy (non-hydrogen) atoms. The summed E-state index contributed by atoms with van der Waals surface area (Å²) in [5.74, 6) is 0. The molecule has 0 nitrogen and oxygen atoms in total. The van der Waals surface area contributed by atoms with Gasteiger partial charge in [-0.05, 0) is 0 Å². The van der Waals surface area contributed by atoms with Gasteiger partial charge in [-0.25, -0.2) is 0 Å². The number of terminal acetylenes is 1. The molecule has 0 fully saturated rings. The summed E-state index contributed by atoms with van der Waals surface area (Å²) in [6.45, 7) is 6.44. The van der Waals surface area contributed by atoms with E-state index in [1.54, 1.807) is 0 Å². The number of hydrogen-bond acceptors (Lipinski definition) is 0. The van der Waals surface area contributed by atoms with Gasteiger partial charge < -0.3 is 0 Å². The first-order chi connectivity index (χ1) is 2.56. The molecule has 0 radical (unpaired) electrons. The van der Waals surface area contributed by atoms with Crippen molar-refractivity contribution >= 4 is 8.07 Å². The van der Waals surface area contributed by atoms with E-state index in [1.807, 2.05) is 0 Å². The second-order valence-electron chi connectivity index (χ2n) is 2.39. The zero-order valence-electron chi connectivity index (χ0n) is 5.28. The molecule has 2 heteroatoms. The van der Waals surface area contributed by atoms with Gasteiger partial charge in [-0.1, -0.05) is 19.6 Å². The monoisotopic (exact) mass is 162 g/mol. The third-order valence-electron chi connectivity index (χ3n) is 0.433. The minimum absolute atomic E-state index is 0. The number of hydrogen-bond donors (Lipinski definition) is 0. The Morgan fingerprint density at radius 2 is 1.43 bits per heavy atom. The summed E-state index contributed by atoms with van der Waals surface area (Å²) in [5, 5.41) is 0. The molecule has 0 aliphatic carbocycles. The average molecular weight is 164 g/mol. The molecule has 0 atom stereocenters. The van der Waals surface area contributed by atoms with Crippen molar-refractivity contribution in [1.29, 1.82) is 0 Å². The van der Waals surface area contributed by atoms with E-state index >= 15 is 0 Å². The second kappa shape index (κ2) is 3.41. The summed E-state index contributed by atoms with van der Waals surface area (Å²) < 4.78 is 0. The van der Waals surface area contributed by atoms with E-state index in [9.17, 15) is 0 Å². The normalized spacial score (nSPS) is 8.86. The van der Waals surface area contributed by atoms with E-state index in [4.69, 9.17) is 6.42 Å². The van der Waals surface area contributed by atoms with Crippen LogP contribution in [0.15, 0.2) is 0 Å². The maximum absolute atomic E-state index is 5.12. The molecule has 0 heterocycles. The molecule has 0 saturated heterocycles. The van der Waals surface area contributed by atoms with Crippen LogP contribution in [0.3, 0.4) is 0 Å². The summed E-state index contributed by atoms with van der Waals surface area (Å²) in [6, 6.07) is 0. The standard InChI is InChI=1S/C5H10Si.Zn/c1-5-6(2,3)4;/h1H,2-4H3;/q;+2. The Morgan fingerprint density at radius 1 is 1.29 bits per heavy atom. The summed E-state index contributed by atoms with van der Waals surface area (Å²) in [4.78, 5) is 0. The molecule has 0 bridgehead atoms. The molecule has 0 rings (SSSR count). The van der Waals surface area contributed by atoms with Crippen LogP contribution in [0.25, 0.3) is 0 Å². The zero-order chi connectivity index (χ0) is 5.21. The van der Waals surface area contributed by atoms with Crippen LogP contribution in [0, 0.1) is 12.0 Å². The van der Waals surface area contributed by atoms with E-state index in [2.05, 4.69) is 25.2 Å². The van der Waals surface area contributed by atoms with E-state index in [0.29, 0.717) is 0 Å². The molecule has 0 aliphatic rings. The second-order valence-corrected chi connectivity index (χ2v) is 7.18. The Bertz CT molecular complexity index is 75.1. The Hall–Kier alpha value is 0.400. The maximum Gasteiger partial charge on any atom is 2.00 e. The predicted octanol–water partition coefficient (Wildman–Crippen LogP) is 1.49. The molecule has 0 unspecified atom stereocenters. The van der Waals surface area contributed by atoms with Crippen LogP contribution in [-0.2, 0) is 19.5 Å². The van der Waals surface area contributed by atoms with Crippen LogP contribution < -0.4 is 0 Å². The van der Waals surface area contributed by atoms with Gasteiger partial charge in [0.15, 0.2) is 0 Å². The Kier molecular flexibility index (Phi) is 5.06. The Morgan fingerprint density at radius 3 is 1.43 bits per heavy atom. The molecule has 0 aliphatic heterocycles. The molecular formula is C5H10SiZn+2. The van der Waals surface area contributed by atoms with Crippen LogP contribution in [0.4, 0.5) is 0 Å². The fourth-order valence-corrected chi connectivity index (χ4v) is 0. The SMILES string of the molecule is C#C[Si](C)(C)C.[Zn+2]. The first-order valence-electron chi connectivity index (χ1n) is 2.04. The fourth-order valence-electron chi connectivity index (χ4n) is 0. The molecule has 0 aromatic carbocycles. The Labute approximate surface area is 59.5 Å². The minimum atomic E-state index is -1.10. The third kappa shape index (κ3) is 10.7. The summed E-state index contributed by atoms with van der Waals surface area (Å²) in [7, 11) is -1.10. The summed E-state index contributed by atoms with van der Waals surface area (Å²) in [5.41, 5.74) is 2.74. The van der Waals surface area contributed by atoms with E-state index in [1.165, 1.54) is 0 Å². The quantitative estimate of drug-likeness (QED) is 0.375. The van der Waals surface area contributed by atoms with Crippen molar-refractivity contribution in [2.45, 2.75) is 19.6 Å². The van der Waals surface area contributed by atoms with Crippen molar-refractivity contribution in [2.24, 2.45) is 0 Å². The fraction of sp³-hybridized carbons (Fsp3) is 0.600. The third-order valence-corrected chi connectivity index (χ3v) is 1.30. The Balaban J connectivity index is 0. The van der Waals surface area contributed by atoms with Crippen LogP contribution in [0.1, 0.15) is 0 Å². The van der Waals surface area contributed by atoms with E-state index in [-0.39, 0.29) is 19.5 Å². The number of rotatable bonds is 0. The maximum atomic E-state index is 5.12. The van der Waals surface area contributed by atoms with Crippen molar-refractivity contribution in [3.8, 4) is 12.0 Å². The van der Waals surface area contributed by atoms with E-state index in [0.717, 1.165) is 0 Å². The van der Waals surface area contributed by atoms with Crippen molar-refractivity contribution in [3.63, 3.8) is 0 Å². The molecule has 0 amide bonds. The smallest absolute Gasteiger partial charge is 0.135 e. The van der Waals surface area contributed by atoms with Crippen LogP contribution >= 0.6 is 0 Å². The van der Waals surface area contributed by atoms with Gasteiger partial charge in [0.05, 0.1) is 0 Å². The van der Waals surface area contributed by atoms with Gasteiger partial charge in [-0.15, -0.1) is 12.0 Å². The van der Waals surface area contributed by atoms with Gasteiger partial charge in [-0.3, -0.25) is 0 Å². The van der Waals surface area contributed by atoms with Crippen LogP contribution in [-0.4, -0.2) is 8.07 Å². The molecule has 34 valence electrons. The van der Waals surface area contributed by atoms with Gasteiger partial charge in [-0.2, -0.15) is 0 Å². The molecule has 0 N–H and O–H groups in total. The van der Waals surface area contributed by atoms with Gasteiger partial charge >= 0.3 is 19.5 Å². The molecule has 0 aromatic rings. The van der Waals surface area contributed by atoms with Crippen molar-refractivity contribution < 1.29 is 19.5 Å². The van der Waals surface area contributed by atoms with Crippen LogP contribution in [0.2, 0.25) is 19.6 Å². The minimum Gasteiger partial charge on any atom is -0.135 e. The van der Waals surface area contributed by atoms with Crippen molar-refractivity contribution in [2.75, 3.05) is 0 Å². The topological polar surface area (TPSA) is 0 Å². The summed E-state index contributed by atoms with van der Waals surface area (Å²) in [6.07, 6.45) is 5.12. The first kappa shape index (κ1) is 10.4. The summed E-state index contributed by atoms with van der Waals surface area (Å²) >= 11 is 0. The van der Waals surface area contributed by atoms with Gasteiger partial charge in [0, 0.05) is 0 Å². The van der Waals surface area contributed by atoms with Crippen molar-refractivity contribution in [3.05, 3.63) is 0 Å². The molecule has 0 aromatic heterocycles.